The maximum Gasteiger partial charge on any atom is 0.303 e. The summed E-state index contributed by atoms with van der Waals surface area (Å²) in [6.45, 7) is 7.00. The monoisotopic (exact) mass is 212 g/mol. The van der Waals surface area contributed by atoms with Gasteiger partial charge in [0.25, 0.3) is 0 Å². The average Bonchev–Trinajstić information content (AvgIpc) is 1.98. The molecule has 0 aromatic carbocycles. The smallest absolute Gasteiger partial charge is 0.303 e. The standard InChI is InChI=1S/C13H24O2/c1-10-7-11(5-4-6-12(14)15)9-13(2,3)8-10/h10-11H,4-9H2,1-3H3,(H,14,15)/t10-,11+/m0/s1. The zero-order chi connectivity index (χ0) is 11.5. The van der Waals surface area contributed by atoms with Gasteiger partial charge < -0.3 is 5.11 Å². The fraction of sp³-hybridized carbons (Fsp3) is 0.923. The minimum atomic E-state index is -0.655. The summed E-state index contributed by atoms with van der Waals surface area (Å²) < 4.78 is 0. The molecule has 1 fully saturated rings. The molecule has 0 unspecified atom stereocenters. The number of carboxylic acids is 1. The highest BCUT2D eigenvalue weighted by Gasteiger charge is 2.31. The lowest BCUT2D eigenvalue weighted by atomic mass is 9.67. The van der Waals surface area contributed by atoms with Crippen LogP contribution in [-0.2, 0) is 4.79 Å². The van der Waals surface area contributed by atoms with Crippen molar-refractivity contribution in [1.29, 1.82) is 0 Å². The highest BCUT2D eigenvalue weighted by atomic mass is 16.4. The molecule has 0 aromatic heterocycles. The van der Waals surface area contributed by atoms with E-state index in [4.69, 9.17) is 5.11 Å². The van der Waals surface area contributed by atoms with Crippen LogP contribution >= 0.6 is 0 Å². The second-order valence-corrected chi connectivity index (χ2v) is 6.07. The Labute approximate surface area is 93.1 Å². The quantitative estimate of drug-likeness (QED) is 0.771. The van der Waals surface area contributed by atoms with Gasteiger partial charge in [-0.2, -0.15) is 0 Å². The number of hydrogen-bond acceptors (Lipinski definition) is 1. The van der Waals surface area contributed by atoms with Crippen LogP contribution in [0.25, 0.3) is 0 Å². The van der Waals surface area contributed by atoms with Gasteiger partial charge in [-0.05, 0) is 49.4 Å². The van der Waals surface area contributed by atoms with Gasteiger partial charge in [-0.1, -0.05) is 20.8 Å². The molecule has 1 rings (SSSR count). The predicted octanol–water partition coefficient (Wildman–Crippen LogP) is 3.70. The Morgan fingerprint density at radius 3 is 2.60 bits per heavy atom. The molecule has 15 heavy (non-hydrogen) atoms. The summed E-state index contributed by atoms with van der Waals surface area (Å²) in [5.41, 5.74) is 0.464. The fourth-order valence-corrected chi connectivity index (χ4v) is 3.31. The van der Waals surface area contributed by atoms with Crippen molar-refractivity contribution in [1.82, 2.24) is 0 Å². The first-order chi connectivity index (χ1) is 6.89. The molecule has 0 aliphatic heterocycles. The van der Waals surface area contributed by atoms with Crippen LogP contribution in [0.4, 0.5) is 0 Å². The Morgan fingerprint density at radius 2 is 2.07 bits per heavy atom. The van der Waals surface area contributed by atoms with Crippen LogP contribution in [0.3, 0.4) is 0 Å². The van der Waals surface area contributed by atoms with E-state index in [0.717, 1.165) is 24.7 Å². The van der Waals surface area contributed by atoms with Crippen molar-refractivity contribution >= 4 is 5.97 Å². The molecule has 2 atom stereocenters. The van der Waals surface area contributed by atoms with E-state index in [1.807, 2.05) is 0 Å². The van der Waals surface area contributed by atoms with E-state index in [1.165, 1.54) is 19.3 Å². The first-order valence-electron chi connectivity index (χ1n) is 6.11. The van der Waals surface area contributed by atoms with E-state index in [1.54, 1.807) is 0 Å². The minimum Gasteiger partial charge on any atom is -0.481 e. The first-order valence-corrected chi connectivity index (χ1v) is 6.11. The molecule has 0 saturated heterocycles. The van der Waals surface area contributed by atoms with E-state index in [0.29, 0.717) is 11.8 Å². The summed E-state index contributed by atoms with van der Waals surface area (Å²) in [5, 5.41) is 8.60. The molecule has 0 heterocycles. The normalized spacial score (nSPS) is 30.1. The molecule has 0 amide bonds. The average molecular weight is 212 g/mol. The largest absolute Gasteiger partial charge is 0.481 e. The predicted molar refractivity (Wildman–Crippen MR) is 61.8 cm³/mol. The SMILES string of the molecule is C[C@H]1C[C@@H](CCCC(=O)O)CC(C)(C)C1. The van der Waals surface area contributed by atoms with Gasteiger partial charge >= 0.3 is 5.97 Å². The van der Waals surface area contributed by atoms with Gasteiger partial charge in [0.1, 0.15) is 0 Å². The van der Waals surface area contributed by atoms with Gasteiger partial charge in [-0.25, -0.2) is 0 Å². The number of hydrogen-bond donors (Lipinski definition) is 1. The van der Waals surface area contributed by atoms with Crippen molar-refractivity contribution in [3.8, 4) is 0 Å². The molecule has 2 heteroatoms. The second kappa shape index (κ2) is 5.00. The molecule has 2 nitrogen and oxygen atoms in total. The lowest BCUT2D eigenvalue weighted by molar-refractivity contribution is -0.137. The van der Waals surface area contributed by atoms with Crippen molar-refractivity contribution in [3.05, 3.63) is 0 Å². The zero-order valence-electron chi connectivity index (χ0n) is 10.3. The lowest BCUT2D eigenvalue weighted by Gasteiger charge is -2.39. The zero-order valence-corrected chi connectivity index (χ0v) is 10.3. The summed E-state index contributed by atoms with van der Waals surface area (Å²) in [7, 11) is 0. The van der Waals surface area contributed by atoms with Crippen LogP contribution in [0.5, 0.6) is 0 Å². The van der Waals surface area contributed by atoms with Crippen LogP contribution < -0.4 is 0 Å². The summed E-state index contributed by atoms with van der Waals surface area (Å²) in [4.78, 5) is 10.4. The fourth-order valence-electron chi connectivity index (χ4n) is 3.31. The first kappa shape index (κ1) is 12.5. The van der Waals surface area contributed by atoms with Crippen LogP contribution in [0.2, 0.25) is 0 Å². The van der Waals surface area contributed by atoms with Crippen molar-refractivity contribution in [3.63, 3.8) is 0 Å². The van der Waals surface area contributed by atoms with Gasteiger partial charge in [0.05, 0.1) is 0 Å². The third-order valence-electron chi connectivity index (χ3n) is 3.48. The maximum absolute atomic E-state index is 10.4. The number of carboxylic acid groups (broad SMARTS) is 1. The molecule has 0 aromatic rings. The van der Waals surface area contributed by atoms with Gasteiger partial charge in [-0.3, -0.25) is 4.79 Å². The van der Waals surface area contributed by atoms with Crippen LogP contribution in [-0.4, -0.2) is 11.1 Å². The Kier molecular flexibility index (Phi) is 4.18. The summed E-state index contributed by atoms with van der Waals surface area (Å²) >= 11 is 0. The molecule has 1 aliphatic carbocycles. The molecule has 0 bridgehead atoms. The van der Waals surface area contributed by atoms with E-state index < -0.39 is 5.97 Å². The van der Waals surface area contributed by atoms with Crippen molar-refractivity contribution in [2.45, 2.75) is 59.3 Å². The second-order valence-electron chi connectivity index (χ2n) is 6.07. The lowest BCUT2D eigenvalue weighted by Crippen LogP contribution is -2.27. The van der Waals surface area contributed by atoms with E-state index >= 15 is 0 Å². The molecule has 1 aliphatic rings. The van der Waals surface area contributed by atoms with Gasteiger partial charge in [0.15, 0.2) is 0 Å². The summed E-state index contributed by atoms with van der Waals surface area (Å²) in [6, 6.07) is 0. The Morgan fingerprint density at radius 1 is 1.40 bits per heavy atom. The number of aliphatic carboxylic acids is 1. The minimum absolute atomic E-state index is 0.339. The van der Waals surface area contributed by atoms with Gasteiger partial charge in [0, 0.05) is 6.42 Å². The third kappa shape index (κ3) is 4.67. The molecular weight excluding hydrogens is 188 g/mol. The van der Waals surface area contributed by atoms with Crippen LogP contribution in [0, 0.1) is 17.3 Å². The van der Waals surface area contributed by atoms with Gasteiger partial charge in [0.2, 0.25) is 0 Å². The van der Waals surface area contributed by atoms with Crippen molar-refractivity contribution < 1.29 is 9.90 Å². The highest BCUT2D eigenvalue weighted by Crippen LogP contribution is 2.43. The topological polar surface area (TPSA) is 37.3 Å². The maximum atomic E-state index is 10.4. The molecule has 0 spiro atoms. The van der Waals surface area contributed by atoms with Crippen molar-refractivity contribution in [2.24, 2.45) is 17.3 Å². The van der Waals surface area contributed by atoms with E-state index in [9.17, 15) is 4.79 Å². The Bertz CT molecular complexity index is 221. The molecule has 0 radical (unpaired) electrons. The molecule has 1 saturated carbocycles. The third-order valence-corrected chi connectivity index (χ3v) is 3.48. The summed E-state index contributed by atoms with van der Waals surface area (Å²) in [6.07, 6.45) is 6.18. The van der Waals surface area contributed by atoms with Gasteiger partial charge in [-0.15, -0.1) is 0 Å². The number of carbonyl (C=O) groups is 1. The van der Waals surface area contributed by atoms with E-state index in [-0.39, 0.29) is 0 Å². The van der Waals surface area contributed by atoms with Crippen LogP contribution in [0.1, 0.15) is 59.3 Å². The number of rotatable bonds is 4. The Hall–Kier alpha value is -0.530. The van der Waals surface area contributed by atoms with E-state index in [2.05, 4.69) is 20.8 Å². The molecular formula is C13H24O2. The Balaban J connectivity index is 2.32. The highest BCUT2D eigenvalue weighted by molar-refractivity contribution is 5.66. The summed E-state index contributed by atoms with van der Waals surface area (Å²) in [5.74, 6) is 0.907. The van der Waals surface area contributed by atoms with Crippen molar-refractivity contribution in [2.75, 3.05) is 0 Å². The van der Waals surface area contributed by atoms with Crippen LogP contribution in [0.15, 0.2) is 0 Å². The molecule has 88 valence electrons. The molecule has 1 N–H and O–H groups in total.